The van der Waals surface area contributed by atoms with Crippen LogP contribution in [-0.2, 0) is 14.4 Å². The minimum absolute atomic E-state index is 0.000246. The standard InChI is InChI=1S/C21H33N3O4/c1-4-6-8-9-21(27)24(14-7-5-2)16-20(26)22-15-19(25)23-17-10-12-18(28-3)13-11-17/h10-13H,4-9,14-16H2,1-3H3,(H,22,26)(H,23,25). The van der Waals surface area contributed by atoms with Crippen molar-refractivity contribution in [3.8, 4) is 5.75 Å². The monoisotopic (exact) mass is 391 g/mol. The quantitative estimate of drug-likeness (QED) is 0.506. The summed E-state index contributed by atoms with van der Waals surface area (Å²) < 4.78 is 5.07. The summed E-state index contributed by atoms with van der Waals surface area (Å²) in [6, 6.07) is 6.92. The molecule has 1 rings (SSSR count). The Hall–Kier alpha value is -2.57. The van der Waals surface area contributed by atoms with E-state index >= 15 is 0 Å². The van der Waals surface area contributed by atoms with Crippen LogP contribution in [0.3, 0.4) is 0 Å². The number of carbonyl (C=O) groups is 3. The summed E-state index contributed by atoms with van der Waals surface area (Å²) in [5.74, 6) is 0.0412. The molecule has 0 unspecified atom stereocenters. The molecule has 7 heteroatoms. The highest BCUT2D eigenvalue weighted by molar-refractivity contribution is 5.95. The van der Waals surface area contributed by atoms with Gasteiger partial charge in [-0.2, -0.15) is 0 Å². The van der Waals surface area contributed by atoms with Gasteiger partial charge in [0.05, 0.1) is 20.2 Å². The molecule has 28 heavy (non-hydrogen) atoms. The second-order valence-electron chi connectivity index (χ2n) is 6.68. The van der Waals surface area contributed by atoms with E-state index < -0.39 is 0 Å². The number of ether oxygens (including phenoxy) is 1. The maximum absolute atomic E-state index is 12.3. The average molecular weight is 392 g/mol. The molecule has 0 aliphatic carbocycles. The van der Waals surface area contributed by atoms with Gasteiger partial charge in [-0.15, -0.1) is 0 Å². The lowest BCUT2D eigenvalue weighted by molar-refractivity contribution is -0.136. The van der Waals surface area contributed by atoms with Crippen molar-refractivity contribution in [2.75, 3.05) is 32.1 Å². The molecule has 1 aromatic carbocycles. The van der Waals surface area contributed by atoms with Gasteiger partial charge in [-0.25, -0.2) is 0 Å². The summed E-state index contributed by atoms with van der Waals surface area (Å²) in [4.78, 5) is 38.1. The Balaban J connectivity index is 2.44. The summed E-state index contributed by atoms with van der Waals surface area (Å²) in [7, 11) is 1.57. The maximum atomic E-state index is 12.3. The fourth-order valence-electron chi connectivity index (χ4n) is 2.61. The Morgan fingerprint density at radius 3 is 2.25 bits per heavy atom. The van der Waals surface area contributed by atoms with Crippen molar-refractivity contribution >= 4 is 23.4 Å². The van der Waals surface area contributed by atoms with Gasteiger partial charge in [0, 0.05) is 18.7 Å². The van der Waals surface area contributed by atoms with Crippen molar-refractivity contribution < 1.29 is 19.1 Å². The minimum atomic E-state index is -0.329. The van der Waals surface area contributed by atoms with Crippen LogP contribution in [0.5, 0.6) is 5.75 Å². The van der Waals surface area contributed by atoms with Gasteiger partial charge in [0.1, 0.15) is 5.75 Å². The van der Waals surface area contributed by atoms with Gasteiger partial charge in [0.25, 0.3) is 0 Å². The van der Waals surface area contributed by atoms with Crippen LogP contribution in [0.4, 0.5) is 5.69 Å². The number of rotatable bonds is 13. The van der Waals surface area contributed by atoms with Gasteiger partial charge in [0.2, 0.25) is 17.7 Å². The highest BCUT2D eigenvalue weighted by atomic mass is 16.5. The molecule has 0 spiro atoms. The SMILES string of the molecule is CCCCCC(=O)N(CCCC)CC(=O)NCC(=O)Nc1ccc(OC)cc1. The second-order valence-corrected chi connectivity index (χ2v) is 6.68. The summed E-state index contributed by atoms with van der Waals surface area (Å²) in [5.41, 5.74) is 0.621. The molecule has 0 bridgehead atoms. The van der Waals surface area contributed by atoms with E-state index in [1.807, 2.05) is 6.92 Å². The molecule has 156 valence electrons. The van der Waals surface area contributed by atoms with Crippen molar-refractivity contribution in [1.82, 2.24) is 10.2 Å². The Morgan fingerprint density at radius 1 is 0.964 bits per heavy atom. The predicted octanol–water partition coefficient (Wildman–Crippen LogP) is 2.96. The normalized spacial score (nSPS) is 10.2. The van der Waals surface area contributed by atoms with Crippen LogP contribution >= 0.6 is 0 Å². The third-order valence-corrected chi connectivity index (χ3v) is 4.28. The molecule has 0 aliphatic rings. The lowest BCUT2D eigenvalue weighted by Crippen LogP contribution is -2.43. The van der Waals surface area contributed by atoms with E-state index in [9.17, 15) is 14.4 Å². The van der Waals surface area contributed by atoms with E-state index in [1.54, 1.807) is 36.3 Å². The summed E-state index contributed by atoms with van der Waals surface area (Å²) >= 11 is 0. The number of hydrogen-bond acceptors (Lipinski definition) is 4. The average Bonchev–Trinajstić information content (AvgIpc) is 2.70. The number of unbranched alkanes of at least 4 members (excludes halogenated alkanes) is 3. The molecular formula is C21H33N3O4. The first-order valence-electron chi connectivity index (χ1n) is 9.98. The lowest BCUT2D eigenvalue weighted by atomic mass is 10.2. The van der Waals surface area contributed by atoms with Crippen LogP contribution in [0.1, 0.15) is 52.4 Å². The van der Waals surface area contributed by atoms with Crippen molar-refractivity contribution in [1.29, 1.82) is 0 Å². The first-order chi connectivity index (χ1) is 13.5. The van der Waals surface area contributed by atoms with E-state index in [4.69, 9.17) is 4.74 Å². The van der Waals surface area contributed by atoms with Gasteiger partial charge in [-0.1, -0.05) is 33.1 Å². The molecule has 1 aromatic rings. The maximum Gasteiger partial charge on any atom is 0.243 e. The van der Waals surface area contributed by atoms with E-state index in [1.165, 1.54) is 0 Å². The first-order valence-corrected chi connectivity index (χ1v) is 9.98. The van der Waals surface area contributed by atoms with Crippen LogP contribution in [0, 0.1) is 0 Å². The Kier molecular flexibility index (Phi) is 11.4. The predicted molar refractivity (Wildman–Crippen MR) is 110 cm³/mol. The third-order valence-electron chi connectivity index (χ3n) is 4.28. The van der Waals surface area contributed by atoms with Crippen molar-refractivity contribution in [2.24, 2.45) is 0 Å². The summed E-state index contributed by atoms with van der Waals surface area (Å²) in [5, 5.41) is 5.29. The molecular weight excluding hydrogens is 358 g/mol. The van der Waals surface area contributed by atoms with Crippen LogP contribution in [0.25, 0.3) is 0 Å². The molecule has 0 atom stereocenters. The number of benzene rings is 1. The number of amides is 3. The van der Waals surface area contributed by atoms with E-state index in [0.29, 0.717) is 24.4 Å². The number of carbonyl (C=O) groups excluding carboxylic acids is 3. The number of nitrogens with zero attached hydrogens (tertiary/aromatic N) is 1. The van der Waals surface area contributed by atoms with Gasteiger partial charge in [0.15, 0.2) is 0 Å². The smallest absolute Gasteiger partial charge is 0.243 e. The topological polar surface area (TPSA) is 87.7 Å². The largest absolute Gasteiger partial charge is 0.497 e. The van der Waals surface area contributed by atoms with Crippen molar-refractivity contribution in [2.45, 2.75) is 52.4 Å². The van der Waals surface area contributed by atoms with Crippen LogP contribution in [0.2, 0.25) is 0 Å². The lowest BCUT2D eigenvalue weighted by Gasteiger charge is -2.22. The Labute approximate surface area is 167 Å². The fourth-order valence-corrected chi connectivity index (χ4v) is 2.61. The minimum Gasteiger partial charge on any atom is -0.497 e. The molecule has 0 fully saturated rings. The molecule has 3 amide bonds. The molecule has 0 heterocycles. The molecule has 0 aromatic heterocycles. The number of anilines is 1. The van der Waals surface area contributed by atoms with E-state index in [0.717, 1.165) is 32.1 Å². The summed E-state index contributed by atoms with van der Waals surface area (Å²) in [6.07, 6.45) is 5.15. The molecule has 7 nitrogen and oxygen atoms in total. The van der Waals surface area contributed by atoms with Crippen molar-refractivity contribution in [3.05, 3.63) is 24.3 Å². The fraction of sp³-hybridized carbons (Fsp3) is 0.571. The van der Waals surface area contributed by atoms with E-state index in [-0.39, 0.29) is 30.8 Å². The first kappa shape index (κ1) is 23.5. The Bertz CT molecular complexity index is 617. The number of methoxy groups -OCH3 is 1. The van der Waals surface area contributed by atoms with Gasteiger partial charge in [-0.3, -0.25) is 14.4 Å². The number of hydrogen-bond donors (Lipinski definition) is 2. The molecule has 0 saturated heterocycles. The van der Waals surface area contributed by atoms with Gasteiger partial charge in [-0.05, 0) is 37.1 Å². The highest BCUT2D eigenvalue weighted by Crippen LogP contribution is 2.14. The molecule has 2 N–H and O–H groups in total. The zero-order chi connectivity index (χ0) is 20.8. The van der Waals surface area contributed by atoms with Crippen LogP contribution in [0.15, 0.2) is 24.3 Å². The molecule has 0 aliphatic heterocycles. The second kappa shape index (κ2) is 13.6. The highest BCUT2D eigenvalue weighted by Gasteiger charge is 2.17. The van der Waals surface area contributed by atoms with E-state index in [2.05, 4.69) is 17.6 Å². The zero-order valence-electron chi connectivity index (χ0n) is 17.3. The van der Waals surface area contributed by atoms with Crippen LogP contribution in [-0.4, -0.2) is 49.4 Å². The third kappa shape index (κ3) is 9.39. The van der Waals surface area contributed by atoms with Gasteiger partial charge >= 0.3 is 0 Å². The van der Waals surface area contributed by atoms with Crippen molar-refractivity contribution in [3.63, 3.8) is 0 Å². The number of nitrogens with one attached hydrogen (secondary N) is 2. The zero-order valence-corrected chi connectivity index (χ0v) is 17.3. The molecule has 0 radical (unpaired) electrons. The van der Waals surface area contributed by atoms with Gasteiger partial charge < -0.3 is 20.3 Å². The molecule has 0 saturated carbocycles. The Morgan fingerprint density at radius 2 is 1.64 bits per heavy atom. The summed E-state index contributed by atoms with van der Waals surface area (Å²) in [6.45, 7) is 4.54. The van der Waals surface area contributed by atoms with Crippen LogP contribution < -0.4 is 15.4 Å².